The number of nitrogens with one attached hydrogen (secondary N) is 1. The number of anilines is 1. The van der Waals surface area contributed by atoms with Crippen molar-refractivity contribution in [2.24, 2.45) is 0 Å². The molecule has 5 nitrogen and oxygen atoms in total. The third kappa shape index (κ3) is 3.76. The van der Waals surface area contributed by atoms with Gasteiger partial charge in [-0.05, 0) is 45.4 Å². The molecule has 0 unspecified atom stereocenters. The summed E-state index contributed by atoms with van der Waals surface area (Å²) in [7, 11) is 1.78. The minimum atomic E-state index is -0.204. The molecule has 0 aliphatic heterocycles. The van der Waals surface area contributed by atoms with E-state index in [0.717, 1.165) is 5.56 Å². The topological polar surface area (TPSA) is 62.3 Å². The fraction of sp³-hybridized carbons (Fsp3) is 0.353. The summed E-state index contributed by atoms with van der Waals surface area (Å²) >= 11 is 1.30. The number of aryl methyl sites for hydroxylation is 2. The quantitative estimate of drug-likeness (QED) is 0.933. The second-order valence-corrected chi connectivity index (χ2v) is 6.62. The minimum Gasteiger partial charge on any atom is -0.339 e. The predicted molar refractivity (Wildman–Crippen MR) is 93.2 cm³/mol. The van der Waals surface area contributed by atoms with Crippen molar-refractivity contribution in [3.05, 3.63) is 45.4 Å². The fourth-order valence-corrected chi connectivity index (χ4v) is 2.76. The first-order chi connectivity index (χ1) is 10.8. The number of carbonyl (C=O) groups excluding carboxylic acids is 2. The zero-order valence-electron chi connectivity index (χ0n) is 14.0. The Balaban J connectivity index is 2.25. The van der Waals surface area contributed by atoms with Crippen LogP contribution < -0.4 is 5.32 Å². The number of amides is 2. The molecular formula is C17H21N3O2S. The van der Waals surface area contributed by atoms with E-state index in [0.29, 0.717) is 21.8 Å². The summed E-state index contributed by atoms with van der Waals surface area (Å²) < 4.78 is 0. The summed E-state index contributed by atoms with van der Waals surface area (Å²) in [6.07, 6.45) is 0. The average molecular weight is 331 g/mol. The van der Waals surface area contributed by atoms with E-state index in [1.807, 2.05) is 26.8 Å². The molecule has 1 heterocycles. The van der Waals surface area contributed by atoms with E-state index >= 15 is 0 Å². The van der Waals surface area contributed by atoms with Gasteiger partial charge in [0.25, 0.3) is 11.8 Å². The Morgan fingerprint density at radius 3 is 2.52 bits per heavy atom. The lowest BCUT2D eigenvalue weighted by atomic mass is 10.1. The first-order valence-corrected chi connectivity index (χ1v) is 8.28. The third-order valence-corrected chi connectivity index (χ3v) is 4.70. The van der Waals surface area contributed by atoms with Gasteiger partial charge in [0, 0.05) is 24.3 Å². The number of carbonyl (C=O) groups is 2. The van der Waals surface area contributed by atoms with Crippen LogP contribution in [0.25, 0.3) is 0 Å². The number of aromatic nitrogens is 1. The maximum atomic E-state index is 12.5. The normalized spacial score (nSPS) is 10.7. The van der Waals surface area contributed by atoms with Crippen molar-refractivity contribution in [3.63, 3.8) is 0 Å². The van der Waals surface area contributed by atoms with E-state index in [2.05, 4.69) is 10.3 Å². The van der Waals surface area contributed by atoms with Gasteiger partial charge in [-0.25, -0.2) is 4.98 Å². The average Bonchev–Trinajstić information content (AvgIpc) is 2.93. The largest absolute Gasteiger partial charge is 0.339 e. The molecule has 2 amide bonds. The molecule has 0 radical (unpaired) electrons. The van der Waals surface area contributed by atoms with Gasteiger partial charge in [-0.2, -0.15) is 0 Å². The molecular weight excluding hydrogens is 310 g/mol. The van der Waals surface area contributed by atoms with Crippen LogP contribution in [0.15, 0.2) is 23.7 Å². The lowest BCUT2D eigenvalue weighted by Gasteiger charge is -2.22. The second-order valence-electron chi connectivity index (χ2n) is 5.76. The first kappa shape index (κ1) is 17.1. The smallest absolute Gasteiger partial charge is 0.267 e. The van der Waals surface area contributed by atoms with Crippen LogP contribution >= 0.6 is 11.3 Å². The maximum Gasteiger partial charge on any atom is 0.267 e. The molecule has 0 aliphatic rings. The van der Waals surface area contributed by atoms with Crippen LogP contribution in [0.3, 0.4) is 0 Å². The van der Waals surface area contributed by atoms with Crippen LogP contribution in [0.2, 0.25) is 0 Å². The van der Waals surface area contributed by atoms with Gasteiger partial charge in [0.2, 0.25) is 0 Å². The molecule has 0 spiro atoms. The molecule has 0 aliphatic carbocycles. The molecule has 0 bridgehead atoms. The summed E-state index contributed by atoms with van der Waals surface area (Å²) in [5.74, 6) is -0.257. The molecule has 1 N–H and O–H groups in total. The Kier molecular flexibility index (Phi) is 5.15. The standard InChI is InChI=1S/C17H21N3O2S/c1-10(2)20(5)17(22)14-8-13(7-6-11(14)3)19-16(21)15-12(4)18-9-23-15/h6-10H,1-5H3,(H,19,21). The highest BCUT2D eigenvalue weighted by Gasteiger charge is 2.18. The molecule has 23 heavy (non-hydrogen) atoms. The monoisotopic (exact) mass is 331 g/mol. The predicted octanol–water partition coefficient (Wildman–Crippen LogP) is 3.49. The number of thiazole rings is 1. The van der Waals surface area contributed by atoms with Crippen LogP contribution in [-0.4, -0.2) is 34.8 Å². The Hall–Kier alpha value is -2.21. The highest BCUT2D eigenvalue weighted by Crippen LogP contribution is 2.20. The zero-order valence-corrected chi connectivity index (χ0v) is 14.8. The summed E-state index contributed by atoms with van der Waals surface area (Å²) in [4.78, 5) is 31.1. The zero-order chi connectivity index (χ0) is 17.1. The van der Waals surface area contributed by atoms with Gasteiger partial charge in [-0.15, -0.1) is 11.3 Å². The van der Waals surface area contributed by atoms with Gasteiger partial charge in [-0.3, -0.25) is 9.59 Å². The molecule has 1 aromatic heterocycles. The SMILES string of the molecule is Cc1ccc(NC(=O)c2scnc2C)cc1C(=O)N(C)C(C)C. The lowest BCUT2D eigenvalue weighted by Crippen LogP contribution is -2.33. The molecule has 1 aromatic carbocycles. The van der Waals surface area contributed by atoms with Gasteiger partial charge >= 0.3 is 0 Å². The van der Waals surface area contributed by atoms with Crippen LogP contribution in [0.4, 0.5) is 5.69 Å². The van der Waals surface area contributed by atoms with Crippen LogP contribution in [0.1, 0.15) is 45.1 Å². The van der Waals surface area contributed by atoms with Crippen LogP contribution in [0.5, 0.6) is 0 Å². The molecule has 2 rings (SSSR count). The minimum absolute atomic E-state index is 0.0532. The number of rotatable bonds is 4. The summed E-state index contributed by atoms with van der Waals surface area (Å²) in [6.45, 7) is 7.62. The number of benzene rings is 1. The molecule has 6 heteroatoms. The first-order valence-electron chi connectivity index (χ1n) is 7.40. The van der Waals surface area contributed by atoms with Crippen LogP contribution in [0, 0.1) is 13.8 Å². The number of nitrogens with zero attached hydrogens (tertiary/aromatic N) is 2. The Morgan fingerprint density at radius 2 is 1.96 bits per heavy atom. The number of hydrogen-bond acceptors (Lipinski definition) is 4. The maximum absolute atomic E-state index is 12.5. The number of hydrogen-bond donors (Lipinski definition) is 1. The van der Waals surface area contributed by atoms with Crippen molar-refractivity contribution >= 4 is 28.8 Å². The van der Waals surface area contributed by atoms with Gasteiger partial charge in [0.15, 0.2) is 0 Å². The van der Waals surface area contributed by atoms with E-state index in [4.69, 9.17) is 0 Å². The van der Waals surface area contributed by atoms with Crippen molar-refractivity contribution in [2.75, 3.05) is 12.4 Å². The van der Waals surface area contributed by atoms with E-state index in [-0.39, 0.29) is 17.9 Å². The second kappa shape index (κ2) is 6.91. The Bertz CT molecular complexity index is 737. The molecule has 2 aromatic rings. The van der Waals surface area contributed by atoms with Gasteiger partial charge in [0.1, 0.15) is 4.88 Å². The Labute approximate surface area is 140 Å². The molecule has 122 valence electrons. The highest BCUT2D eigenvalue weighted by atomic mass is 32.1. The Morgan fingerprint density at radius 1 is 1.26 bits per heavy atom. The molecule has 0 saturated heterocycles. The van der Waals surface area contributed by atoms with Crippen molar-refractivity contribution in [1.29, 1.82) is 0 Å². The molecule has 0 saturated carbocycles. The lowest BCUT2D eigenvalue weighted by molar-refractivity contribution is 0.0754. The van der Waals surface area contributed by atoms with Crippen molar-refractivity contribution in [1.82, 2.24) is 9.88 Å². The van der Waals surface area contributed by atoms with Gasteiger partial charge in [0.05, 0.1) is 11.2 Å². The summed E-state index contributed by atoms with van der Waals surface area (Å²) in [6, 6.07) is 5.48. The van der Waals surface area contributed by atoms with Gasteiger partial charge in [-0.1, -0.05) is 6.07 Å². The van der Waals surface area contributed by atoms with E-state index in [1.54, 1.807) is 36.5 Å². The van der Waals surface area contributed by atoms with Crippen LogP contribution in [-0.2, 0) is 0 Å². The molecule has 0 fully saturated rings. The van der Waals surface area contributed by atoms with Crippen molar-refractivity contribution in [2.45, 2.75) is 33.7 Å². The summed E-state index contributed by atoms with van der Waals surface area (Å²) in [5, 5.41) is 2.84. The summed E-state index contributed by atoms with van der Waals surface area (Å²) in [5.41, 5.74) is 4.44. The van der Waals surface area contributed by atoms with Crippen molar-refractivity contribution in [3.8, 4) is 0 Å². The highest BCUT2D eigenvalue weighted by molar-refractivity contribution is 7.12. The van der Waals surface area contributed by atoms with Gasteiger partial charge < -0.3 is 10.2 Å². The van der Waals surface area contributed by atoms with E-state index in [1.165, 1.54) is 11.3 Å². The van der Waals surface area contributed by atoms with Crippen molar-refractivity contribution < 1.29 is 9.59 Å². The molecule has 0 atom stereocenters. The fourth-order valence-electron chi connectivity index (χ4n) is 2.06. The van der Waals surface area contributed by atoms with E-state index < -0.39 is 0 Å². The third-order valence-electron chi connectivity index (χ3n) is 3.77. The van der Waals surface area contributed by atoms with E-state index in [9.17, 15) is 9.59 Å².